The van der Waals surface area contributed by atoms with Crippen LogP contribution in [0.5, 0.6) is 0 Å². The minimum absolute atomic E-state index is 0.139. The van der Waals surface area contributed by atoms with E-state index in [1.807, 2.05) is 19.9 Å². The number of rotatable bonds is 5. The van der Waals surface area contributed by atoms with Gasteiger partial charge in [-0.3, -0.25) is 4.79 Å². The minimum atomic E-state index is -0.838. The number of amides is 2. The highest BCUT2D eigenvalue weighted by atomic mass is 16.4. The summed E-state index contributed by atoms with van der Waals surface area (Å²) < 4.78 is 0. The number of hydrogen-bond donors (Lipinski definition) is 1. The molecule has 0 radical (unpaired) electrons. The molecule has 0 aliphatic carbocycles. The Morgan fingerprint density at radius 2 is 2.20 bits per heavy atom. The van der Waals surface area contributed by atoms with Gasteiger partial charge in [0.25, 0.3) is 0 Å². The normalized spacial score (nSPS) is 18.7. The average molecular weight is 281 g/mol. The number of nitriles is 1. The van der Waals surface area contributed by atoms with Crippen molar-refractivity contribution < 1.29 is 14.7 Å². The van der Waals surface area contributed by atoms with Gasteiger partial charge in [-0.15, -0.1) is 0 Å². The topological polar surface area (TPSA) is 84.6 Å². The molecule has 0 saturated carbocycles. The second kappa shape index (κ2) is 7.73. The first kappa shape index (κ1) is 16.3. The van der Waals surface area contributed by atoms with Crippen molar-refractivity contribution in [2.75, 3.05) is 26.2 Å². The lowest BCUT2D eigenvalue weighted by Crippen LogP contribution is -2.49. The van der Waals surface area contributed by atoms with E-state index < -0.39 is 11.9 Å². The van der Waals surface area contributed by atoms with Crippen molar-refractivity contribution >= 4 is 12.0 Å². The van der Waals surface area contributed by atoms with Crippen LogP contribution in [0.15, 0.2) is 0 Å². The maximum atomic E-state index is 12.5. The molecule has 6 heteroatoms. The number of carbonyl (C=O) groups is 2. The van der Waals surface area contributed by atoms with Gasteiger partial charge < -0.3 is 14.9 Å². The summed E-state index contributed by atoms with van der Waals surface area (Å²) >= 11 is 0. The van der Waals surface area contributed by atoms with Crippen LogP contribution in [0.2, 0.25) is 0 Å². The van der Waals surface area contributed by atoms with Crippen LogP contribution in [0.3, 0.4) is 0 Å². The molecule has 1 atom stereocenters. The third-order valence-corrected chi connectivity index (χ3v) is 3.39. The van der Waals surface area contributed by atoms with Crippen LogP contribution in [-0.2, 0) is 4.79 Å². The van der Waals surface area contributed by atoms with Crippen LogP contribution < -0.4 is 0 Å². The summed E-state index contributed by atoms with van der Waals surface area (Å²) in [6, 6.07) is 1.91. The fraction of sp³-hybridized carbons (Fsp3) is 0.786. The van der Waals surface area contributed by atoms with Gasteiger partial charge in [-0.2, -0.15) is 5.26 Å². The molecule has 2 amide bonds. The third-order valence-electron chi connectivity index (χ3n) is 3.39. The van der Waals surface area contributed by atoms with E-state index in [2.05, 4.69) is 0 Å². The summed E-state index contributed by atoms with van der Waals surface area (Å²) in [7, 11) is 0. The van der Waals surface area contributed by atoms with Crippen LogP contribution in [0, 0.1) is 23.2 Å². The SMILES string of the molecule is CC(C)CN(CCC#N)C(=O)N1CCC[C@@H](C(=O)O)C1. The molecule has 1 aliphatic rings. The fourth-order valence-corrected chi connectivity index (χ4v) is 2.44. The van der Waals surface area contributed by atoms with Crippen molar-refractivity contribution in [3.8, 4) is 6.07 Å². The molecule has 0 aromatic heterocycles. The highest BCUT2D eigenvalue weighted by molar-refractivity contribution is 5.76. The summed E-state index contributed by atoms with van der Waals surface area (Å²) in [5.74, 6) is -0.989. The van der Waals surface area contributed by atoms with Crippen molar-refractivity contribution in [1.29, 1.82) is 5.26 Å². The van der Waals surface area contributed by atoms with Gasteiger partial charge in [0.15, 0.2) is 0 Å². The van der Waals surface area contributed by atoms with Crippen molar-refractivity contribution in [2.45, 2.75) is 33.1 Å². The molecule has 0 bridgehead atoms. The van der Waals surface area contributed by atoms with Gasteiger partial charge in [0.2, 0.25) is 0 Å². The molecule has 6 nitrogen and oxygen atoms in total. The molecule has 1 saturated heterocycles. The lowest BCUT2D eigenvalue weighted by atomic mass is 9.98. The Morgan fingerprint density at radius 3 is 2.75 bits per heavy atom. The maximum absolute atomic E-state index is 12.5. The Balaban J connectivity index is 2.67. The molecule has 0 aromatic rings. The van der Waals surface area contributed by atoms with Crippen molar-refractivity contribution in [3.05, 3.63) is 0 Å². The Bertz CT molecular complexity index is 390. The molecule has 0 unspecified atom stereocenters. The highest BCUT2D eigenvalue weighted by Gasteiger charge is 2.30. The number of urea groups is 1. The van der Waals surface area contributed by atoms with Crippen molar-refractivity contribution in [3.63, 3.8) is 0 Å². The quantitative estimate of drug-likeness (QED) is 0.832. The average Bonchev–Trinajstić information content (AvgIpc) is 2.42. The van der Waals surface area contributed by atoms with Gasteiger partial charge >= 0.3 is 12.0 Å². The van der Waals surface area contributed by atoms with Gasteiger partial charge in [-0.05, 0) is 18.8 Å². The number of piperidine rings is 1. The van der Waals surface area contributed by atoms with Crippen LogP contribution in [-0.4, -0.2) is 53.1 Å². The van der Waals surface area contributed by atoms with Gasteiger partial charge in [0, 0.05) is 26.2 Å². The predicted octanol–water partition coefficient (Wildman–Crippen LogP) is 1.77. The molecule has 1 N–H and O–H groups in total. The highest BCUT2D eigenvalue weighted by Crippen LogP contribution is 2.18. The zero-order valence-corrected chi connectivity index (χ0v) is 12.2. The number of aliphatic carboxylic acids is 1. The maximum Gasteiger partial charge on any atom is 0.320 e. The first-order chi connectivity index (χ1) is 9.45. The Kier molecular flexibility index (Phi) is 6.29. The van der Waals surface area contributed by atoms with Crippen molar-refractivity contribution in [2.24, 2.45) is 11.8 Å². The molecule has 1 aliphatic heterocycles. The number of hydrogen-bond acceptors (Lipinski definition) is 3. The van der Waals surface area contributed by atoms with Crippen LogP contribution in [0.4, 0.5) is 4.79 Å². The van der Waals surface area contributed by atoms with Gasteiger partial charge in [0.1, 0.15) is 0 Å². The number of nitrogens with zero attached hydrogens (tertiary/aromatic N) is 3. The summed E-state index contributed by atoms with van der Waals surface area (Å²) in [6.45, 7) is 5.90. The van der Waals surface area contributed by atoms with E-state index in [0.717, 1.165) is 6.42 Å². The lowest BCUT2D eigenvalue weighted by Gasteiger charge is -2.35. The molecular weight excluding hydrogens is 258 g/mol. The molecule has 1 heterocycles. The smallest absolute Gasteiger partial charge is 0.320 e. The van der Waals surface area contributed by atoms with Crippen molar-refractivity contribution in [1.82, 2.24) is 9.80 Å². The third kappa shape index (κ3) is 4.72. The summed E-state index contributed by atoms with van der Waals surface area (Å²) in [5.41, 5.74) is 0. The molecule has 112 valence electrons. The molecule has 0 spiro atoms. The summed E-state index contributed by atoms with van der Waals surface area (Å²) in [6.07, 6.45) is 1.65. The predicted molar refractivity (Wildman–Crippen MR) is 74.0 cm³/mol. The van der Waals surface area contributed by atoms with E-state index in [0.29, 0.717) is 38.4 Å². The van der Waals surface area contributed by atoms with E-state index in [-0.39, 0.29) is 12.6 Å². The molecular formula is C14H23N3O3. The zero-order chi connectivity index (χ0) is 15.1. The van der Waals surface area contributed by atoms with Crippen LogP contribution in [0.25, 0.3) is 0 Å². The standard InChI is InChI=1S/C14H23N3O3/c1-11(2)9-16(8-4-6-15)14(20)17-7-3-5-12(10-17)13(18)19/h11-12H,3-5,7-10H2,1-2H3,(H,18,19)/t12-/m1/s1. The molecule has 1 fully saturated rings. The Morgan fingerprint density at radius 1 is 1.50 bits per heavy atom. The molecule has 0 aromatic carbocycles. The summed E-state index contributed by atoms with van der Waals surface area (Å²) in [4.78, 5) is 26.8. The second-order valence-corrected chi connectivity index (χ2v) is 5.65. The number of carboxylic acids is 1. The van der Waals surface area contributed by atoms with E-state index in [1.165, 1.54) is 0 Å². The lowest BCUT2D eigenvalue weighted by molar-refractivity contribution is -0.143. The van der Waals surface area contributed by atoms with Gasteiger partial charge in [-0.25, -0.2) is 4.79 Å². The van der Waals surface area contributed by atoms with E-state index in [4.69, 9.17) is 10.4 Å². The number of carbonyl (C=O) groups excluding carboxylic acids is 1. The van der Waals surface area contributed by atoms with E-state index >= 15 is 0 Å². The minimum Gasteiger partial charge on any atom is -0.481 e. The second-order valence-electron chi connectivity index (χ2n) is 5.65. The number of carboxylic acid groups (broad SMARTS) is 1. The van der Waals surface area contributed by atoms with E-state index in [1.54, 1.807) is 9.80 Å². The molecule has 1 rings (SSSR count). The monoisotopic (exact) mass is 281 g/mol. The number of likely N-dealkylation sites (tertiary alicyclic amines) is 1. The Hall–Kier alpha value is -1.77. The van der Waals surface area contributed by atoms with Gasteiger partial charge in [-0.1, -0.05) is 13.8 Å². The van der Waals surface area contributed by atoms with E-state index in [9.17, 15) is 9.59 Å². The molecule has 20 heavy (non-hydrogen) atoms. The van der Waals surface area contributed by atoms with Crippen LogP contribution >= 0.6 is 0 Å². The van der Waals surface area contributed by atoms with Gasteiger partial charge in [0.05, 0.1) is 18.4 Å². The zero-order valence-electron chi connectivity index (χ0n) is 12.2. The Labute approximate surface area is 120 Å². The first-order valence-corrected chi connectivity index (χ1v) is 7.09. The first-order valence-electron chi connectivity index (χ1n) is 7.09. The fourth-order valence-electron chi connectivity index (χ4n) is 2.44. The largest absolute Gasteiger partial charge is 0.481 e. The summed E-state index contributed by atoms with van der Waals surface area (Å²) in [5, 5.41) is 17.7. The van der Waals surface area contributed by atoms with Crippen LogP contribution in [0.1, 0.15) is 33.1 Å².